The van der Waals surface area contributed by atoms with Crippen LogP contribution in [0.15, 0.2) is 59.7 Å². The van der Waals surface area contributed by atoms with Crippen molar-refractivity contribution in [3.63, 3.8) is 0 Å². The van der Waals surface area contributed by atoms with Crippen LogP contribution in [0.25, 0.3) is 5.57 Å². The second-order valence-electron chi connectivity index (χ2n) is 5.36. The molecule has 0 aliphatic carbocycles. The lowest BCUT2D eigenvalue weighted by molar-refractivity contribution is 0.336. The molecule has 1 unspecified atom stereocenters. The number of allylic oxidation sites excluding steroid dienone is 1. The Bertz CT molecular complexity index is 725. The zero-order chi connectivity index (χ0) is 15.5. The van der Waals surface area contributed by atoms with Crippen molar-refractivity contribution in [3.05, 3.63) is 71.7 Å². The lowest BCUT2D eigenvalue weighted by Gasteiger charge is -2.27. The quantitative estimate of drug-likeness (QED) is 0.941. The fourth-order valence-electron chi connectivity index (χ4n) is 2.47. The summed E-state index contributed by atoms with van der Waals surface area (Å²) in [5.74, 6) is -0.965. The fraction of sp³-hybridized carbons (Fsp3) is 0.167. The number of aromatic hydroxyl groups is 1. The summed E-state index contributed by atoms with van der Waals surface area (Å²) in [6.07, 6.45) is 4.57. The highest BCUT2D eigenvalue weighted by molar-refractivity contribution is 6.10. The molecule has 3 nitrogen and oxygen atoms in total. The minimum Gasteiger partial charge on any atom is -0.505 e. The Morgan fingerprint density at radius 3 is 2.64 bits per heavy atom. The maximum atomic E-state index is 13.5. The van der Waals surface area contributed by atoms with Gasteiger partial charge >= 0.3 is 0 Å². The van der Waals surface area contributed by atoms with Crippen LogP contribution in [0.1, 0.15) is 11.1 Å². The first-order chi connectivity index (χ1) is 10.6. The summed E-state index contributed by atoms with van der Waals surface area (Å²) in [6, 6.07) is 14.5. The second kappa shape index (κ2) is 6.02. The topological polar surface area (TPSA) is 35.8 Å². The summed E-state index contributed by atoms with van der Waals surface area (Å²) in [4.78, 5) is 6.58. The molecule has 0 bridgehead atoms. The minimum absolute atomic E-state index is 0.0353. The highest BCUT2D eigenvalue weighted by Crippen LogP contribution is 2.24. The Balaban J connectivity index is 1.77. The van der Waals surface area contributed by atoms with E-state index in [9.17, 15) is 9.50 Å². The number of halogens is 1. The smallest absolute Gasteiger partial charge is 0.165 e. The molecule has 2 aromatic rings. The van der Waals surface area contributed by atoms with Gasteiger partial charge in [0, 0.05) is 31.5 Å². The monoisotopic (exact) mass is 296 g/mol. The average Bonchev–Trinajstić information content (AvgIpc) is 2.53. The molecule has 112 valence electrons. The van der Waals surface area contributed by atoms with Gasteiger partial charge in [-0.25, -0.2) is 4.39 Å². The fourth-order valence-corrected chi connectivity index (χ4v) is 2.47. The van der Waals surface area contributed by atoms with E-state index in [1.54, 1.807) is 12.3 Å². The SMILES string of the molecule is CN1C=C(c2ccc(O)c(F)c2)C=NC1Cc1ccccc1. The van der Waals surface area contributed by atoms with Gasteiger partial charge in [0.2, 0.25) is 0 Å². The van der Waals surface area contributed by atoms with E-state index < -0.39 is 5.82 Å². The largest absolute Gasteiger partial charge is 0.505 e. The molecule has 1 heterocycles. The van der Waals surface area contributed by atoms with Crippen LogP contribution in [-0.4, -0.2) is 29.4 Å². The van der Waals surface area contributed by atoms with Crippen LogP contribution >= 0.6 is 0 Å². The standard InChI is InChI=1S/C18H17FN2O/c1-21-12-15(14-7-8-17(22)16(19)10-14)11-20-18(21)9-13-5-3-2-4-6-13/h2-8,10-12,18,22H,9H2,1H3. The third kappa shape index (κ3) is 3.01. The van der Waals surface area contributed by atoms with E-state index in [-0.39, 0.29) is 11.9 Å². The molecule has 1 atom stereocenters. The molecule has 3 rings (SSSR count). The molecule has 0 amide bonds. The number of hydrogen-bond donors (Lipinski definition) is 1. The molecule has 0 saturated carbocycles. The predicted octanol–water partition coefficient (Wildman–Crippen LogP) is 3.46. The van der Waals surface area contributed by atoms with Crippen molar-refractivity contribution in [1.29, 1.82) is 0 Å². The van der Waals surface area contributed by atoms with Crippen molar-refractivity contribution < 1.29 is 9.50 Å². The van der Waals surface area contributed by atoms with Crippen LogP contribution in [0.4, 0.5) is 4.39 Å². The van der Waals surface area contributed by atoms with E-state index in [1.807, 2.05) is 36.3 Å². The lowest BCUT2D eigenvalue weighted by atomic mass is 10.0. The van der Waals surface area contributed by atoms with Crippen LogP contribution in [0.5, 0.6) is 5.75 Å². The molecule has 1 aliphatic heterocycles. The molecule has 1 aliphatic rings. The summed E-state index contributed by atoms with van der Waals surface area (Å²) in [7, 11) is 1.96. The molecule has 0 saturated heterocycles. The van der Waals surface area contributed by atoms with Gasteiger partial charge in [0.1, 0.15) is 6.17 Å². The molecular formula is C18H17FN2O. The molecule has 0 spiro atoms. The van der Waals surface area contributed by atoms with Gasteiger partial charge in [-0.2, -0.15) is 0 Å². The van der Waals surface area contributed by atoms with E-state index in [0.717, 1.165) is 12.0 Å². The Labute approximate surface area is 129 Å². The summed E-state index contributed by atoms with van der Waals surface area (Å²) in [5.41, 5.74) is 2.75. The van der Waals surface area contributed by atoms with E-state index in [4.69, 9.17) is 0 Å². The Hall–Kier alpha value is -2.62. The first kappa shape index (κ1) is 14.3. The van der Waals surface area contributed by atoms with E-state index in [0.29, 0.717) is 5.56 Å². The van der Waals surface area contributed by atoms with E-state index >= 15 is 0 Å². The summed E-state index contributed by atoms with van der Waals surface area (Å²) >= 11 is 0. The maximum Gasteiger partial charge on any atom is 0.165 e. The number of phenols is 1. The van der Waals surface area contributed by atoms with Gasteiger partial charge in [-0.1, -0.05) is 36.4 Å². The van der Waals surface area contributed by atoms with Crippen molar-refractivity contribution in [2.24, 2.45) is 4.99 Å². The first-order valence-corrected chi connectivity index (χ1v) is 7.13. The van der Waals surface area contributed by atoms with Gasteiger partial charge in [0.25, 0.3) is 0 Å². The number of benzene rings is 2. The van der Waals surface area contributed by atoms with Gasteiger partial charge in [-0.3, -0.25) is 4.99 Å². The van der Waals surface area contributed by atoms with Crippen molar-refractivity contribution in [3.8, 4) is 5.75 Å². The van der Waals surface area contributed by atoms with E-state index in [2.05, 4.69) is 17.1 Å². The van der Waals surface area contributed by atoms with E-state index in [1.165, 1.54) is 17.7 Å². The van der Waals surface area contributed by atoms with Gasteiger partial charge in [0.05, 0.1) is 0 Å². The number of aliphatic imine (C=N–C) groups is 1. The van der Waals surface area contributed by atoms with Crippen LogP contribution in [0.2, 0.25) is 0 Å². The third-order valence-corrected chi connectivity index (χ3v) is 3.74. The third-order valence-electron chi connectivity index (χ3n) is 3.74. The number of nitrogens with zero attached hydrogens (tertiary/aromatic N) is 2. The molecule has 1 N–H and O–H groups in total. The molecule has 0 fully saturated rings. The number of rotatable bonds is 3. The zero-order valence-electron chi connectivity index (χ0n) is 12.3. The first-order valence-electron chi connectivity index (χ1n) is 7.13. The van der Waals surface area contributed by atoms with Crippen molar-refractivity contribution in [1.82, 2.24) is 4.90 Å². The number of phenolic OH excluding ortho intramolecular Hbond substituents is 1. The zero-order valence-corrected chi connectivity index (χ0v) is 12.3. The van der Waals surface area contributed by atoms with Crippen molar-refractivity contribution in [2.45, 2.75) is 12.6 Å². The van der Waals surface area contributed by atoms with Crippen molar-refractivity contribution in [2.75, 3.05) is 7.05 Å². The Morgan fingerprint density at radius 1 is 1.18 bits per heavy atom. The molecular weight excluding hydrogens is 279 g/mol. The average molecular weight is 296 g/mol. The highest BCUT2D eigenvalue weighted by Gasteiger charge is 2.16. The summed E-state index contributed by atoms with van der Waals surface area (Å²) in [5, 5.41) is 9.26. The number of hydrogen-bond acceptors (Lipinski definition) is 3. The van der Waals surface area contributed by atoms with Gasteiger partial charge < -0.3 is 10.0 Å². The van der Waals surface area contributed by atoms with Crippen LogP contribution in [0, 0.1) is 5.82 Å². The highest BCUT2D eigenvalue weighted by atomic mass is 19.1. The lowest BCUT2D eigenvalue weighted by Crippen LogP contribution is -2.30. The van der Waals surface area contributed by atoms with Crippen LogP contribution in [-0.2, 0) is 6.42 Å². The Kier molecular flexibility index (Phi) is 3.92. The second-order valence-corrected chi connectivity index (χ2v) is 5.36. The van der Waals surface area contributed by atoms with Crippen molar-refractivity contribution >= 4 is 11.8 Å². The molecule has 0 radical (unpaired) electrons. The molecule has 0 aromatic heterocycles. The minimum atomic E-state index is -0.624. The number of likely N-dealkylation sites (N-methyl/N-ethyl adjacent to an activating group) is 1. The summed E-state index contributed by atoms with van der Waals surface area (Å²) < 4.78 is 13.5. The van der Waals surface area contributed by atoms with Gasteiger partial charge in [0.15, 0.2) is 11.6 Å². The van der Waals surface area contributed by atoms with Gasteiger partial charge in [-0.05, 0) is 23.3 Å². The molecule has 4 heteroatoms. The van der Waals surface area contributed by atoms with Crippen LogP contribution in [0.3, 0.4) is 0 Å². The van der Waals surface area contributed by atoms with Crippen LogP contribution < -0.4 is 0 Å². The normalized spacial score (nSPS) is 17.5. The summed E-state index contributed by atoms with van der Waals surface area (Å²) in [6.45, 7) is 0. The molecule has 2 aromatic carbocycles. The Morgan fingerprint density at radius 2 is 1.95 bits per heavy atom. The maximum absolute atomic E-state index is 13.5. The molecule has 22 heavy (non-hydrogen) atoms. The van der Waals surface area contributed by atoms with Gasteiger partial charge in [-0.15, -0.1) is 0 Å². The predicted molar refractivity (Wildman–Crippen MR) is 86.2 cm³/mol.